The van der Waals surface area contributed by atoms with Crippen LogP contribution in [0.3, 0.4) is 0 Å². The number of aliphatic carboxylic acids is 1. The first kappa shape index (κ1) is 32.0. The third-order valence-corrected chi connectivity index (χ3v) is 7.46. The van der Waals surface area contributed by atoms with Crippen molar-refractivity contribution in [1.82, 2.24) is 5.32 Å². The molecule has 232 valence electrons. The summed E-state index contributed by atoms with van der Waals surface area (Å²) in [5.41, 5.74) is -0.410. The standard InChI is InChI=1S/C31H31F3N4O6/c32-31(33,34)26-18-24(12-15-27(26)38(43)44)36-30(42)37(25-13-10-22(11-14-25)21-4-2-1-3-5-21)19-20-6-8-23(9-7-20)29(41)35-17-16-28(39)40/h6-15,18,21H,1-5,16-17,19H2,(H,35,41)(H,36,42)(H,39,40). The molecule has 0 saturated heterocycles. The van der Waals surface area contributed by atoms with Crippen molar-refractivity contribution >= 4 is 35.0 Å². The van der Waals surface area contributed by atoms with E-state index in [0.29, 0.717) is 29.3 Å². The number of urea groups is 1. The number of anilines is 2. The van der Waals surface area contributed by atoms with Gasteiger partial charge in [0.2, 0.25) is 0 Å². The van der Waals surface area contributed by atoms with E-state index >= 15 is 0 Å². The van der Waals surface area contributed by atoms with Crippen molar-refractivity contribution < 1.29 is 37.6 Å². The molecule has 3 aromatic carbocycles. The lowest BCUT2D eigenvalue weighted by molar-refractivity contribution is -0.388. The molecule has 0 spiro atoms. The second kappa shape index (κ2) is 14.0. The summed E-state index contributed by atoms with van der Waals surface area (Å²) in [4.78, 5) is 47.9. The molecule has 0 unspecified atom stereocenters. The van der Waals surface area contributed by atoms with Crippen molar-refractivity contribution in [2.75, 3.05) is 16.8 Å². The quantitative estimate of drug-likeness (QED) is 0.165. The fourth-order valence-corrected chi connectivity index (χ4v) is 5.16. The summed E-state index contributed by atoms with van der Waals surface area (Å²) in [7, 11) is 0. The Balaban J connectivity index is 1.58. The number of amides is 3. The Bertz CT molecular complexity index is 1500. The number of alkyl halides is 3. The molecule has 3 aromatic rings. The highest BCUT2D eigenvalue weighted by molar-refractivity contribution is 6.02. The van der Waals surface area contributed by atoms with E-state index in [1.54, 1.807) is 24.3 Å². The van der Waals surface area contributed by atoms with Gasteiger partial charge in [-0.15, -0.1) is 0 Å². The third kappa shape index (κ3) is 8.33. The molecule has 3 N–H and O–H groups in total. The molecule has 13 heteroatoms. The van der Waals surface area contributed by atoms with Crippen LogP contribution in [0, 0.1) is 10.1 Å². The van der Waals surface area contributed by atoms with Gasteiger partial charge in [-0.2, -0.15) is 13.2 Å². The summed E-state index contributed by atoms with van der Waals surface area (Å²) in [6, 6.07) is 15.1. The lowest BCUT2D eigenvalue weighted by Gasteiger charge is -2.26. The summed E-state index contributed by atoms with van der Waals surface area (Å²) in [5, 5.41) is 24.8. The zero-order chi connectivity index (χ0) is 31.9. The maximum absolute atomic E-state index is 13.5. The van der Waals surface area contributed by atoms with Crippen LogP contribution in [0.5, 0.6) is 0 Å². The normalized spacial score (nSPS) is 13.6. The topological polar surface area (TPSA) is 142 Å². The highest BCUT2D eigenvalue weighted by Gasteiger charge is 2.38. The third-order valence-electron chi connectivity index (χ3n) is 7.46. The number of carboxylic acid groups (broad SMARTS) is 1. The molecule has 4 rings (SSSR count). The minimum absolute atomic E-state index is 0.0192. The molecule has 1 aliphatic rings. The Labute approximate surface area is 251 Å². The SMILES string of the molecule is O=C(O)CCNC(=O)c1ccc(CN(C(=O)Nc2ccc([N+](=O)[O-])c(C(F)(F)F)c2)c2ccc(C3CCCCC3)cc2)cc1. The van der Waals surface area contributed by atoms with Crippen LogP contribution in [0.15, 0.2) is 66.7 Å². The van der Waals surface area contributed by atoms with Crippen molar-refractivity contribution in [2.45, 2.75) is 57.2 Å². The molecule has 0 atom stereocenters. The first-order valence-corrected chi connectivity index (χ1v) is 14.1. The van der Waals surface area contributed by atoms with E-state index in [0.717, 1.165) is 37.3 Å². The predicted molar refractivity (Wildman–Crippen MR) is 157 cm³/mol. The highest BCUT2D eigenvalue weighted by atomic mass is 19.4. The van der Waals surface area contributed by atoms with Gasteiger partial charge in [0.25, 0.3) is 11.6 Å². The van der Waals surface area contributed by atoms with Gasteiger partial charge in [-0.25, -0.2) is 4.79 Å². The summed E-state index contributed by atoms with van der Waals surface area (Å²) in [6.07, 6.45) is 0.381. The van der Waals surface area contributed by atoms with Crippen molar-refractivity contribution in [1.29, 1.82) is 0 Å². The second-order valence-corrected chi connectivity index (χ2v) is 10.5. The van der Waals surface area contributed by atoms with Gasteiger partial charge in [0.1, 0.15) is 5.56 Å². The van der Waals surface area contributed by atoms with Gasteiger partial charge in [0, 0.05) is 29.5 Å². The number of halogens is 3. The predicted octanol–water partition coefficient (Wildman–Crippen LogP) is 7.10. The molecule has 0 radical (unpaired) electrons. The van der Waals surface area contributed by atoms with Gasteiger partial charge < -0.3 is 15.7 Å². The molecular weight excluding hydrogens is 581 g/mol. The Morgan fingerprint density at radius 3 is 2.20 bits per heavy atom. The van der Waals surface area contributed by atoms with E-state index in [9.17, 15) is 37.7 Å². The zero-order valence-corrected chi connectivity index (χ0v) is 23.6. The molecule has 1 aliphatic carbocycles. The number of hydrogen-bond acceptors (Lipinski definition) is 5. The van der Waals surface area contributed by atoms with Crippen LogP contribution in [-0.4, -0.2) is 34.5 Å². The Hall–Kier alpha value is -4.94. The van der Waals surface area contributed by atoms with Crippen LogP contribution in [0.25, 0.3) is 0 Å². The average Bonchev–Trinajstić information content (AvgIpc) is 3.00. The summed E-state index contributed by atoms with van der Waals surface area (Å²) in [5.74, 6) is -1.10. The van der Waals surface area contributed by atoms with Gasteiger partial charge in [0.05, 0.1) is 17.9 Å². The number of carbonyl (C=O) groups excluding carboxylic acids is 2. The lowest BCUT2D eigenvalue weighted by Crippen LogP contribution is -2.34. The molecule has 0 bridgehead atoms. The Morgan fingerprint density at radius 2 is 1.61 bits per heavy atom. The Kier molecular flexibility index (Phi) is 10.2. The van der Waals surface area contributed by atoms with Crippen LogP contribution in [0.2, 0.25) is 0 Å². The van der Waals surface area contributed by atoms with Crippen molar-refractivity contribution in [3.63, 3.8) is 0 Å². The van der Waals surface area contributed by atoms with Crippen LogP contribution in [0.1, 0.15) is 71.5 Å². The van der Waals surface area contributed by atoms with Gasteiger partial charge in [0.15, 0.2) is 0 Å². The van der Waals surface area contributed by atoms with Crippen LogP contribution in [-0.2, 0) is 17.5 Å². The number of nitrogens with zero attached hydrogens (tertiary/aromatic N) is 2. The number of rotatable bonds is 10. The fraction of sp³-hybridized carbons (Fsp3) is 0.323. The van der Waals surface area contributed by atoms with E-state index in [2.05, 4.69) is 10.6 Å². The number of nitrogens with one attached hydrogen (secondary N) is 2. The minimum atomic E-state index is -5.01. The molecular formula is C31H31F3N4O6. The molecule has 1 saturated carbocycles. The molecule has 44 heavy (non-hydrogen) atoms. The van der Waals surface area contributed by atoms with Crippen molar-refractivity contribution in [3.05, 3.63) is 99.1 Å². The van der Waals surface area contributed by atoms with Crippen LogP contribution < -0.4 is 15.5 Å². The van der Waals surface area contributed by atoms with Gasteiger partial charge in [-0.3, -0.25) is 24.6 Å². The van der Waals surface area contributed by atoms with E-state index in [1.807, 2.05) is 12.1 Å². The molecule has 1 fully saturated rings. The van der Waals surface area contributed by atoms with E-state index < -0.39 is 40.3 Å². The largest absolute Gasteiger partial charge is 0.481 e. The highest BCUT2D eigenvalue weighted by Crippen LogP contribution is 2.38. The Morgan fingerprint density at radius 1 is 0.955 bits per heavy atom. The number of benzene rings is 3. The number of nitro groups is 1. The summed E-state index contributed by atoms with van der Waals surface area (Å²) in [6.45, 7) is -0.0615. The van der Waals surface area contributed by atoms with E-state index in [4.69, 9.17) is 5.11 Å². The fourth-order valence-electron chi connectivity index (χ4n) is 5.16. The number of carbonyl (C=O) groups is 3. The number of hydrogen-bond donors (Lipinski definition) is 3. The molecule has 3 amide bonds. The maximum Gasteiger partial charge on any atom is 0.423 e. The van der Waals surface area contributed by atoms with Crippen LogP contribution >= 0.6 is 0 Å². The smallest absolute Gasteiger partial charge is 0.423 e. The van der Waals surface area contributed by atoms with Gasteiger partial charge >= 0.3 is 18.2 Å². The first-order valence-electron chi connectivity index (χ1n) is 14.1. The van der Waals surface area contributed by atoms with Crippen LogP contribution in [0.4, 0.5) is 35.0 Å². The summed E-state index contributed by atoms with van der Waals surface area (Å²) < 4.78 is 40.6. The van der Waals surface area contributed by atoms with Crippen molar-refractivity contribution in [2.24, 2.45) is 0 Å². The molecule has 10 nitrogen and oxygen atoms in total. The second-order valence-electron chi connectivity index (χ2n) is 10.5. The van der Waals surface area contributed by atoms with Crippen molar-refractivity contribution in [3.8, 4) is 0 Å². The average molecular weight is 613 g/mol. The maximum atomic E-state index is 13.5. The number of carboxylic acids is 1. The summed E-state index contributed by atoms with van der Waals surface area (Å²) >= 11 is 0. The first-order chi connectivity index (χ1) is 20.9. The number of nitro benzene ring substituents is 1. The van der Waals surface area contributed by atoms with Gasteiger partial charge in [-0.1, -0.05) is 43.5 Å². The lowest BCUT2D eigenvalue weighted by atomic mass is 9.84. The molecule has 0 heterocycles. The molecule has 0 aromatic heterocycles. The van der Waals surface area contributed by atoms with E-state index in [-0.39, 0.29) is 30.8 Å². The molecule has 0 aliphatic heterocycles. The monoisotopic (exact) mass is 612 g/mol. The minimum Gasteiger partial charge on any atom is -0.481 e. The van der Waals surface area contributed by atoms with E-state index in [1.165, 1.54) is 23.5 Å². The van der Waals surface area contributed by atoms with Gasteiger partial charge in [-0.05, 0) is 66.3 Å². The zero-order valence-electron chi connectivity index (χ0n) is 23.6.